The van der Waals surface area contributed by atoms with Crippen LogP contribution < -0.4 is 10.6 Å². The van der Waals surface area contributed by atoms with E-state index in [1.165, 1.54) is 0 Å². The molecule has 22 nitrogen and oxygen atoms in total. The summed E-state index contributed by atoms with van der Waals surface area (Å²) >= 11 is 0. The van der Waals surface area contributed by atoms with Crippen molar-refractivity contribution in [3.63, 3.8) is 0 Å². The van der Waals surface area contributed by atoms with Crippen molar-refractivity contribution < 1.29 is 96.3 Å². The summed E-state index contributed by atoms with van der Waals surface area (Å²) in [5, 5.41) is 55.6. The second-order valence-corrected chi connectivity index (χ2v) is 32.5. The molecule has 0 aromatic heterocycles. The summed E-state index contributed by atoms with van der Waals surface area (Å²) in [6, 6.07) is -0.488. The molecular formula is C81H118N2O20. The lowest BCUT2D eigenvalue weighted by atomic mass is 9.71. The fourth-order valence-electron chi connectivity index (χ4n) is 18.4. The summed E-state index contributed by atoms with van der Waals surface area (Å²) in [4.78, 5) is 29.1. The number of hydrogen-bond donors (Lipinski definition) is 6. The highest BCUT2D eigenvalue weighted by atomic mass is 16.7. The molecule has 12 rings (SSSR count). The Kier molecular flexibility index (Phi) is 24.3. The van der Waals surface area contributed by atoms with Crippen LogP contribution in [0.15, 0.2) is 119 Å². The number of carbonyl (C=O) groups excluding carboxylic acids is 2. The molecule has 0 unspecified atom stereocenters. The van der Waals surface area contributed by atoms with E-state index >= 15 is 0 Å². The molecule has 10 aliphatic heterocycles. The smallest absolute Gasteiger partial charge is 0.316 e. The van der Waals surface area contributed by atoms with E-state index in [1.54, 1.807) is 52.4 Å². The topological polar surface area (TPSA) is 268 Å². The van der Waals surface area contributed by atoms with Gasteiger partial charge in [0.15, 0.2) is 24.2 Å². The predicted molar refractivity (Wildman–Crippen MR) is 383 cm³/mol. The Morgan fingerprint density at radius 3 is 1.31 bits per heavy atom. The highest BCUT2D eigenvalue weighted by molar-refractivity contribution is 5.79. The number of methoxy groups -OCH3 is 2. The Morgan fingerprint density at radius 1 is 0.534 bits per heavy atom. The van der Waals surface area contributed by atoms with Crippen LogP contribution in [0.4, 0.5) is 0 Å². The summed E-state index contributed by atoms with van der Waals surface area (Å²) in [6.07, 6.45) is 19.8. The number of hydrogen-bond acceptors (Lipinski definition) is 22. The zero-order chi connectivity index (χ0) is 73.8. The minimum atomic E-state index is -1.87. The van der Waals surface area contributed by atoms with Gasteiger partial charge in [0, 0.05) is 83.1 Å². The first-order valence-electron chi connectivity index (χ1n) is 38.1. The van der Waals surface area contributed by atoms with Gasteiger partial charge in [0.05, 0.1) is 86.3 Å². The SMILES string of the molecule is CO[C@H]1C[C@H](O[C@@H]2/C(C)=C/C[C@@H]3C[C@@H](C[C@]4(C=C[C@H](C)[C@@H](C(C)C)O4)O3)OC(=O)[C@@H]3C=C(C)[C@@H](O)[C@H]4OC/C(=C\C=C\[C@@H]2C)[C@]43O)O[C@@H](C)[C@@H]1NCN[C@H]1[C@H](C)O[C@@H](O[C@@H]2/C(C)=C/C[C@@H]3C[C@@H](C[C@]4(C=C[C@H](C)[C@@H](C(C)C)O4)O3)OC(=O)[C@@H]3C=C(C)[C@@H](O)[C@H]4OC/C(=C\C=C\[C@@H]2C)[C@]43O)C[C@@H]1OC. The largest absolute Gasteiger partial charge is 0.462 e. The molecule has 2 spiro atoms. The number of rotatable bonds is 12. The van der Waals surface area contributed by atoms with E-state index in [0.29, 0.717) is 67.5 Å². The van der Waals surface area contributed by atoms with Gasteiger partial charge in [-0.1, -0.05) is 128 Å². The minimum Gasteiger partial charge on any atom is -0.462 e. The summed E-state index contributed by atoms with van der Waals surface area (Å²) in [5.74, 6) is -5.57. The first-order chi connectivity index (χ1) is 49.0. The third kappa shape index (κ3) is 16.1. The fraction of sp³-hybridized carbons (Fsp3) is 0.728. The molecule has 0 aromatic carbocycles. The van der Waals surface area contributed by atoms with Gasteiger partial charge >= 0.3 is 11.9 Å². The molecule has 0 saturated carbocycles. The lowest BCUT2D eigenvalue weighted by Gasteiger charge is -2.48. The molecule has 12 aliphatic rings. The highest BCUT2D eigenvalue weighted by Gasteiger charge is 2.62. The molecule has 6 saturated heterocycles. The Bertz CT molecular complexity index is 3140. The number of aliphatic hydroxyl groups is 4. The number of ether oxygens (including phenoxy) is 14. The van der Waals surface area contributed by atoms with E-state index in [0.717, 1.165) is 11.1 Å². The van der Waals surface area contributed by atoms with E-state index < -0.39 is 120 Å². The molecule has 6 fully saturated rings. The molecule has 0 amide bonds. The van der Waals surface area contributed by atoms with Crippen molar-refractivity contribution in [2.24, 2.45) is 47.3 Å². The van der Waals surface area contributed by atoms with E-state index in [2.05, 4.69) is 104 Å². The van der Waals surface area contributed by atoms with Gasteiger partial charge in [-0.25, -0.2) is 0 Å². The van der Waals surface area contributed by atoms with Gasteiger partial charge in [0.1, 0.15) is 59.7 Å². The number of esters is 2. The second kappa shape index (κ2) is 32.1. The predicted octanol–water partition coefficient (Wildman–Crippen LogP) is 9.07. The van der Waals surface area contributed by atoms with Gasteiger partial charge in [0.25, 0.3) is 0 Å². The average Bonchev–Trinajstić information content (AvgIpc) is 1.62. The molecule has 2 aliphatic carbocycles. The van der Waals surface area contributed by atoms with E-state index in [1.807, 2.05) is 50.3 Å². The molecular weight excluding hydrogens is 1320 g/mol. The summed E-state index contributed by atoms with van der Waals surface area (Å²) < 4.78 is 93.2. The van der Waals surface area contributed by atoms with Crippen molar-refractivity contribution in [3.05, 3.63) is 119 Å². The van der Waals surface area contributed by atoms with Gasteiger partial charge in [-0.3, -0.25) is 20.2 Å². The highest BCUT2D eigenvalue weighted by Crippen LogP contribution is 2.50. The number of fused-ring (bicyclic) bond motifs is 4. The van der Waals surface area contributed by atoms with Crippen molar-refractivity contribution in [3.8, 4) is 0 Å². The second-order valence-electron chi connectivity index (χ2n) is 32.5. The molecule has 22 heteroatoms. The van der Waals surface area contributed by atoms with Gasteiger partial charge in [-0.2, -0.15) is 0 Å². The quantitative estimate of drug-likeness (QED) is 0.0604. The molecule has 0 radical (unpaired) electrons. The van der Waals surface area contributed by atoms with E-state index in [4.69, 9.17) is 66.3 Å². The fourth-order valence-corrected chi connectivity index (χ4v) is 18.4. The minimum absolute atomic E-state index is 0.0103. The van der Waals surface area contributed by atoms with Crippen molar-refractivity contribution in [1.29, 1.82) is 0 Å². The van der Waals surface area contributed by atoms with Crippen molar-refractivity contribution in [1.82, 2.24) is 10.6 Å². The molecule has 103 heavy (non-hydrogen) atoms. The first kappa shape index (κ1) is 78.2. The van der Waals surface area contributed by atoms with Crippen LogP contribution in [0, 0.1) is 47.3 Å². The van der Waals surface area contributed by atoms with Gasteiger partial charge in [0.2, 0.25) is 0 Å². The van der Waals surface area contributed by atoms with Crippen LogP contribution in [0.25, 0.3) is 0 Å². The molecule has 572 valence electrons. The molecule has 6 N–H and O–H groups in total. The van der Waals surface area contributed by atoms with Crippen LogP contribution in [0.3, 0.4) is 0 Å². The monoisotopic (exact) mass is 1440 g/mol. The Labute approximate surface area is 609 Å². The zero-order valence-electron chi connectivity index (χ0n) is 63.3. The van der Waals surface area contributed by atoms with Crippen molar-refractivity contribution >= 4 is 11.9 Å². The maximum Gasteiger partial charge on any atom is 0.316 e. The first-order valence-corrected chi connectivity index (χ1v) is 38.1. The summed E-state index contributed by atoms with van der Waals surface area (Å²) in [5.41, 5.74) is 0.136. The van der Waals surface area contributed by atoms with Crippen molar-refractivity contribution in [2.45, 2.75) is 293 Å². The van der Waals surface area contributed by atoms with Crippen LogP contribution in [-0.4, -0.2) is 212 Å². The van der Waals surface area contributed by atoms with Crippen LogP contribution in [0.2, 0.25) is 0 Å². The summed E-state index contributed by atoms with van der Waals surface area (Å²) in [7, 11) is 3.42. The maximum atomic E-state index is 14.5. The number of aliphatic hydroxyl groups excluding tert-OH is 2. The Morgan fingerprint density at radius 2 is 0.932 bits per heavy atom. The van der Waals surface area contributed by atoms with Crippen LogP contribution >= 0.6 is 0 Å². The molecule has 4 bridgehead atoms. The van der Waals surface area contributed by atoms with Gasteiger partial charge < -0.3 is 86.7 Å². The van der Waals surface area contributed by atoms with Gasteiger partial charge in [-0.05, 0) is 112 Å². The number of nitrogens with one attached hydrogen (secondary N) is 2. The van der Waals surface area contributed by atoms with Crippen LogP contribution in [0.1, 0.15) is 148 Å². The Hall–Kier alpha value is -4.38. The Balaban J connectivity index is 0.726. The standard InChI is InChI=1S/C81H118N2O20/c1-42(2)70-48(9)27-29-78(102-70)37-58-33-56(100-78)25-23-46(7)72(44(5)19-17-21-54-39-92-74-68(84)50(11)31-60(76(86)96-58)80(54,74)88)98-64-35-62(90-15)66(52(13)94-64)82-41-83-67-53(14)95-65(36-63(67)91-16)99-73-45(6)20-18-22-55-40-93-75-69(85)51(12)32-61(81(55,75)89)77(87)97-59-34-57(26-24-47(73)8)101-79(38-59)30-28-49(10)71(103-79)43(3)4/h17-24,27-32,42-45,48-49,52-53,56-75,82-85,88-89H,25-26,33-41H2,1-16H3/b19-17+,20-18+,46-23+,47-24+,54-21+,55-22+/t44-,45-,48-,49-,52-,53-,56+,57+,58-,59-,60-,61-,62-,63-,64-,65-,66-,67-,68+,69+,70+,71+,72-,73-,74+,75+,78+,79+,80+,81+/m0/s1. The number of carbonyl (C=O) groups is 2. The zero-order valence-corrected chi connectivity index (χ0v) is 63.3. The van der Waals surface area contributed by atoms with Crippen LogP contribution in [0.5, 0.6) is 0 Å². The van der Waals surface area contributed by atoms with E-state index in [-0.39, 0.29) is 110 Å². The lowest BCUT2D eigenvalue weighted by Crippen LogP contribution is -2.61. The number of allylic oxidation sites excluding steroid dienone is 4. The normalized spacial score (nSPS) is 48.8. The van der Waals surface area contributed by atoms with Crippen LogP contribution in [-0.2, 0) is 75.9 Å². The third-order valence-electron chi connectivity index (χ3n) is 24.2. The van der Waals surface area contributed by atoms with Gasteiger partial charge in [-0.15, -0.1) is 0 Å². The summed E-state index contributed by atoms with van der Waals surface area (Å²) in [6.45, 7) is 29.0. The molecule has 0 aromatic rings. The average molecular weight is 1440 g/mol. The maximum absolute atomic E-state index is 14.5. The van der Waals surface area contributed by atoms with E-state index in [9.17, 15) is 30.0 Å². The molecule has 30 atom stereocenters. The third-order valence-corrected chi connectivity index (χ3v) is 24.2. The lowest BCUT2D eigenvalue weighted by molar-refractivity contribution is -0.300. The molecule has 10 heterocycles. The van der Waals surface area contributed by atoms with Crippen molar-refractivity contribution in [2.75, 3.05) is 34.1 Å².